The molecule has 22 heavy (non-hydrogen) atoms. The van der Waals surface area contributed by atoms with Crippen molar-refractivity contribution >= 4 is 0 Å². The van der Waals surface area contributed by atoms with Gasteiger partial charge < -0.3 is 5.11 Å². The normalized spacial score (nSPS) is 37.5. The van der Waals surface area contributed by atoms with Crippen LogP contribution in [0.3, 0.4) is 0 Å². The average Bonchev–Trinajstić information content (AvgIpc) is 3.35. The van der Waals surface area contributed by atoms with E-state index in [1.54, 1.807) is 0 Å². The van der Waals surface area contributed by atoms with Gasteiger partial charge in [0.2, 0.25) is 0 Å². The largest absolute Gasteiger partial charge is 0.508 e. The van der Waals surface area contributed by atoms with E-state index in [1.807, 2.05) is 6.07 Å². The van der Waals surface area contributed by atoms with Gasteiger partial charge in [0, 0.05) is 18.0 Å². The van der Waals surface area contributed by atoms with E-state index in [2.05, 4.69) is 17.0 Å². The Morgan fingerprint density at radius 1 is 1.14 bits per heavy atom. The van der Waals surface area contributed by atoms with Gasteiger partial charge in [-0.2, -0.15) is 0 Å². The summed E-state index contributed by atoms with van der Waals surface area (Å²) in [5, 5.41) is 10.0. The summed E-state index contributed by atoms with van der Waals surface area (Å²) in [7, 11) is 0. The number of piperidine rings is 1. The molecule has 1 aromatic rings. The molecule has 2 nitrogen and oxygen atoms in total. The Bertz CT molecular complexity index is 593. The molecule has 1 saturated heterocycles. The highest BCUT2D eigenvalue weighted by Crippen LogP contribution is 2.56. The van der Waals surface area contributed by atoms with Crippen molar-refractivity contribution in [3.63, 3.8) is 0 Å². The van der Waals surface area contributed by atoms with Crippen molar-refractivity contribution in [1.29, 1.82) is 0 Å². The number of hydrogen-bond donors (Lipinski definition) is 1. The predicted octanol–water partition coefficient (Wildman–Crippen LogP) is 3.86. The van der Waals surface area contributed by atoms with Gasteiger partial charge in [0.05, 0.1) is 0 Å². The third-order valence-corrected chi connectivity index (χ3v) is 7.12. The minimum absolute atomic E-state index is 0.384. The van der Waals surface area contributed by atoms with Crippen molar-refractivity contribution in [3.8, 4) is 5.75 Å². The highest BCUT2D eigenvalue weighted by molar-refractivity contribution is 5.45. The molecule has 0 unspecified atom stereocenters. The Kier molecular flexibility index (Phi) is 2.89. The third kappa shape index (κ3) is 1.89. The zero-order chi connectivity index (χ0) is 14.7. The highest BCUT2D eigenvalue weighted by Gasteiger charge is 2.54. The second kappa shape index (κ2) is 4.74. The molecule has 3 aliphatic carbocycles. The van der Waals surface area contributed by atoms with Gasteiger partial charge in [0.15, 0.2) is 0 Å². The Balaban J connectivity index is 1.58. The van der Waals surface area contributed by atoms with Crippen LogP contribution in [0.15, 0.2) is 18.2 Å². The van der Waals surface area contributed by atoms with Gasteiger partial charge in [-0.25, -0.2) is 0 Å². The molecule has 0 aromatic heterocycles. The lowest BCUT2D eigenvalue weighted by molar-refractivity contribution is -0.0134. The summed E-state index contributed by atoms with van der Waals surface area (Å²) in [4.78, 5) is 2.85. The van der Waals surface area contributed by atoms with Crippen LogP contribution in [0.4, 0.5) is 0 Å². The van der Waals surface area contributed by atoms with Crippen molar-refractivity contribution in [2.45, 2.75) is 62.8 Å². The fourth-order valence-corrected chi connectivity index (χ4v) is 5.93. The quantitative estimate of drug-likeness (QED) is 0.896. The number of likely N-dealkylation sites (tertiary alicyclic amines) is 1. The molecule has 5 rings (SSSR count). The van der Waals surface area contributed by atoms with E-state index >= 15 is 0 Å². The van der Waals surface area contributed by atoms with E-state index in [0.29, 0.717) is 11.2 Å². The molecular weight excluding hydrogens is 270 g/mol. The SMILES string of the molecule is Oc1ccc2c(c1)[C@]13CCCC[C@@H]1[C@@H](C2)N(CC1CC1)CC3. The van der Waals surface area contributed by atoms with Crippen LogP contribution in [0.25, 0.3) is 0 Å². The summed E-state index contributed by atoms with van der Waals surface area (Å²) in [6, 6.07) is 7.00. The minimum atomic E-state index is 0.384. The summed E-state index contributed by atoms with van der Waals surface area (Å²) in [6.07, 6.45) is 11.0. The predicted molar refractivity (Wildman–Crippen MR) is 88.1 cm³/mol. The van der Waals surface area contributed by atoms with Crippen LogP contribution in [-0.2, 0) is 11.8 Å². The first-order valence-corrected chi connectivity index (χ1v) is 9.33. The topological polar surface area (TPSA) is 23.5 Å². The van der Waals surface area contributed by atoms with Crippen molar-refractivity contribution in [2.75, 3.05) is 13.1 Å². The van der Waals surface area contributed by atoms with Crippen LogP contribution in [-0.4, -0.2) is 29.1 Å². The number of benzene rings is 1. The van der Waals surface area contributed by atoms with Gasteiger partial charge in [-0.1, -0.05) is 18.9 Å². The fraction of sp³-hybridized carbons (Fsp3) is 0.700. The number of aromatic hydroxyl groups is 1. The maximum absolute atomic E-state index is 10.0. The van der Waals surface area contributed by atoms with Crippen molar-refractivity contribution in [1.82, 2.24) is 4.90 Å². The lowest BCUT2D eigenvalue weighted by atomic mass is 9.52. The van der Waals surface area contributed by atoms with E-state index in [1.165, 1.54) is 75.6 Å². The summed E-state index contributed by atoms with van der Waals surface area (Å²) in [5.41, 5.74) is 3.43. The molecule has 4 aliphatic rings. The number of phenolic OH excluding ortho intramolecular Hbond substituents is 1. The van der Waals surface area contributed by atoms with Crippen LogP contribution < -0.4 is 0 Å². The Morgan fingerprint density at radius 3 is 2.91 bits per heavy atom. The second-order valence-electron chi connectivity index (χ2n) is 8.31. The number of phenols is 1. The average molecular weight is 297 g/mol. The Hall–Kier alpha value is -1.02. The molecule has 0 radical (unpaired) electrons. The summed E-state index contributed by atoms with van der Waals surface area (Å²) >= 11 is 0. The number of fused-ring (bicyclic) bond motifs is 1. The summed E-state index contributed by atoms with van der Waals surface area (Å²) in [5.74, 6) is 2.30. The second-order valence-corrected chi connectivity index (χ2v) is 8.31. The standard InChI is InChI=1S/C20H27NO/c22-16-7-6-15-11-19-17-3-1-2-8-20(17,18(15)12-16)9-10-21(19)13-14-4-5-14/h6-7,12,14,17,19,22H,1-5,8-11,13H2/t17-,19-,20+/m1/s1. The number of rotatable bonds is 2. The molecule has 2 saturated carbocycles. The van der Waals surface area contributed by atoms with Gasteiger partial charge in [-0.3, -0.25) is 4.90 Å². The smallest absolute Gasteiger partial charge is 0.115 e. The van der Waals surface area contributed by atoms with E-state index in [9.17, 15) is 5.11 Å². The van der Waals surface area contributed by atoms with Gasteiger partial charge in [-0.15, -0.1) is 0 Å². The first kappa shape index (κ1) is 13.4. The van der Waals surface area contributed by atoms with Crippen LogP contribution >= 0.6 is 0 Å². The van der Waals surface area contributed by atoms with Crippen LogP contribution in [0.5, 0.6) is 5.75 Å². The zero-order valence-corrected chi connectivity index (χ0v) is 13.4. The minimum Gasteiger partial charge on any atom is -0.508 e. The molecular formula is C20H27NO. The Morgan fingerprint density at radius 2 is 2.05 bits per heavy atom. The van der Waals surface area contributed by atoms with Crippen LogP contribution in [0, 0.1) is 11.8 Å². The first-order chi connectivity index (χ1) is 10.8. The van der Waals surface area contributed by atoms with Crippen molar-refractivity contribution in [2.24, 2.45) is 11.8 Å². The molecule has 3 atom stereocenters. The summed E-state index contributed by atoms with van der Waals surface area (Å²) < 4.78 is 0. The van der Waals surface area contributed by atoms with E-state index in [4.69, 9.17) is 0 Å². The zero-order valence-electron chi connectivity index (χ0n) is 13.4. The molecule has 2 bridgehead atoms. The van der Waals surface area contributed by atoms with Gasteiger partial charge in [-0.05, 0) is 80.2 Å². The molecule has 1 heterocycles. The molecule has 0 amide bonds. The molecule has 2 heteroatoms. The molecule has 118 valence electrons. The number of nitrogens with zero attached hydrogens (tertiary/aromatic N) is 1. The van der Waals surface area contributed by atoms with Crippen LogP contribution in [0.1, 0.15) is 56.1 Å². The molecule has 1 aromatic carbocycles. The fourth-order valence-electron chi connectivity index (χ4n) is 5.93. The highest BCUT2D eigenvalue weighted by atomic mass is 16.3. The van der Waals surface area contributed by atoms with Crippen molar-refractivity contribution in [3.05, 3.63) is 29.3 Å². The van der Waals surface area contributed by atoms with E-state index in [0.717, 1.165) is 17.9 Å². The lowest BCUT2D eigenvalue weighted by Crippen LogP contribution is -2.61. The maximum Gasteiger partial charge on any atom is 0.115 e. The first-order valence-electron chi connectivity index (χ1n) is 9.33. The molecule has 3 fully saturated rings. The van der Waals surface area contributed by atoms with Crippen molar-refractivity contribution < 1.29 is 5.11 Å². The molecule has 1 N–H and O–H groups in total. The van der Waals surface area contributed by atoms with E-state index in [-0.39, 0.29) is 0 Å². The number of hydrogen-bond acceptors (Lipinski definition) is 2. The monoisotopic (exact) mass is 297 g/mol. The maximum atomic E-state index is 10.0. The van der Waals surface area contributed by atoms with Gasteiger partial charge >= 0.3 is 0 Å². The lowest BCUT2D eigenvalue weighted by Gasteiger charge is -2.59. The third-order valence-electron chi connectivity index (χ3n) is 7.12. The molecule has 0 spiro atoms. The van der Waals surface area contributed by atoms with Crippen LogP contribution in [0.2, 0.25) is 0 Å². The Labute approximate surface area is 133 Å². The molecule has 1 aliphatic heterocycles. The van der Waals surface area contributed by atoms with Gasteiger partial charge in [0.25, 0.3) is 0 Å². The van der Waals surface area contributed by atoms with Gasteiger partial charge in [0.1, 0.15) is 5.75 Å². The van der Waals surface area contributed by atoms with E-state index < -0.39 is 0 Å². The summed E-state index contributed by atoms with van der Waals surface area (Å²) in [6.45, 7) is 2.64.